The molecule has 3 aliphatic rings. The third-order valence-corrected chi connectivity index (χ3v) is 6.07. The third kappa shape index (κ3) is 3.50. The van der Waals surface area contributed by atoms with Gasteiger partial charge in [-0.05, 0) is 43.2 Å². The highest BCUT2D eigenvalue weighted by Crippen LogP contribution is 2.34. The van der Waals surface area contributed by atoms with Crippen molar-refractivity contribution < 1.29 is 14.3 Å². The zero-order chi connectivity index (χ0) is 17.9. The predicted molar refractivity (Wildman–Crippen MR) is 98.8 cm³/mol. The number of carbonyl (C=O) groups is 2. The van der Waals surface area contributed by atoms with Crippen molar-refractivity contribution in [2.24, 2.45) is 5.92 Å². The van der Waals surface area contributed by atoms with Gasteiger partial charge in [0.2, 0.25) is 11.8 Å². The van der Waals surface area contributed by atoms with Crippen LogP contribution in [0.15, 0.2) is 24.3 Å². The molecule has 1 aliphatic carbocycles. The van der Waals surface area contributed by atoms with E-state index in [1.54, 1.807) is 0 Å². The number of benzene rings is 1. The Hall–Kier alpha value is -1.88. The largest absolute Gasteiger partial charge is 0.378 e. The number of ether oxygens (including phenoxy) is 1. The van der Waals surface area contributed by atoms with Gasteiger partial charge >= 0.3 is 0 Å². The van der Waals surface area contributed by atoms with Crippen molar-refractivity contribution in [3.63, 3.8) is 0 Å². The number of hydrogen-bond acceptors (Lipinski definition) is 3. The monoisotopic (exact) mass is 356 g/mol. The summed E-state index contributed by atoms with van der Waals surface area (Å²) in [7, 11) is 0. The van der Waals surface area contributed by atoms with Crippen LogP contribution in [0.1, 0.15) is 42.7 Å². The Bertz CT molecular complexity index is 669. The number of hydrogen-bond donors (Lipinski definition) is 0. The minimum absolute atomic E-state index is 0.0304. The van der Waals surface area contributed by atoms with E-state index in [0.717, 1.165) is 38.6 Å². The first-order chi connectivity index (χ1) is 12.7. The van der Waals surface area contributed by atoms with Gasteiger partial charge in [0, 0.05) is 26.2 Å². The molecular weight excluding hydrogens is 328 g/mol. The normalized spacial score (nSPS) is 26.3. The van der Waals surface area contributed by atoms with E-state index in [1.807, 2.05) is 15.9 Å². The summed E-state index contributed by atoms with van der Waals surface area (Å²) in [6, 6.07) is 8.35. The van der Waals surface area contributed by atoms with Crippen LogP contribution in [-0.2, 0) is 20.7 Å². The van der Waals surface area contributed by atoms with Crippen molar-refractivity contribution in [2.45, 2.75) is 38.0 Å². The lowest BCUT2D eigenvalue weighted by Gasteiger charge is -2.38. The summed E-state index contributed by atoms with van der Waals surface area (Å²) in [5.41, 5.74) is 2.51. The highest BCUT2D eigenvalue weighted by molar-refractivity contribution is 5.86. The lowest BCUT2D eigenvalue weighted by Crippen LogP contribution is -2.50. The van der Waals surface area contributed by atoms with Crippen molar-refractivity contribution in [1.29, 1.82) is 0 Å². The molecule has 2 unspecified atom stereocenters. The van der Waals surface area contributed by atoms with Gasteiger partial charge in [0.1, 0.15) is 0 Å². The molecule has 0 bridgehead atoms. The molecule has 2 amide bonds. The number of likely N-dealkylation sites (tertiary alicyclic amines) is 1. The van der Waals surface area contributed by atoms with Crippen LogP contribution in [0.5, 0.6) is 0 Å². The Kier molecular flexibility index (Phi) is 5.25. The van der Waals surface area contributed by atoms with E-state index in [9.17, 15) is 9.59 Å². The van der Waals surface area contributed by atoms with Gasteiger partial charge in [0.25, 0.3) is 0 Å². The molecule has 26 heavy (non-hydrogen) atoms. The fourth-order valence-electron chi connectivity index (χ4n) is 4.65. The maximum Gasteiger partial charge on any atom is 0.230 e. The first-order valence-electron chi connectivity index (χ1n) is 9.97. The summed E-state index contributed by atoms with van der Waals surface area (Å²) in [5, 5.41) is 0. The van der Waals surface area contributed by atoms with Gasteiger partial charge in [-0.3, -0.25) is 9.59 Å². The fraction of sp³-hybridized carbons (Fsp3) is 0.619. The Morgan fingerprint density at radius 3 is 2.58 bits per heavy atom. The van der Waals surface area contributed by atoms with E-state index in [4.69, 9.17) is 4.74 Å². The molecule has 1 aromatic rings. The van der Waals surface area contributed by atoms with Gasteiger partial charge in [-0.25, -0.2) is 0 Å². The molecule has 5 heteroatoms. The lowest BCUT2D eigenvalue weighted by atomic mass is 9.81. The smallest absolute Gasteiger partial charge is 0.230 e. The zero-order valence-electron chi connectivity index (χ0n) is 15.4. The molecule has 0 N–H and O–H groups in total. The number of aryl methyl sites for hydroxylation is 1. The van der Waals surface area contributed by atoms with Gasteiger partial charge < -0.3 is 14.5 Å². The van der Waals surface area contributed by atoms with E-state index in [0.29, 0.717) is 32.8 Å². The number of nitrogens with zero attached hydrogens (tertiary/aromatic N) is 2. The second-order valence-corrected chi connectivity index (χ2v) is 7.70. The van der Waals surface area contributed by atoms with Crippen LogP contribution < -0.4 is 0 Å². The second-order valence-electron chi connectivity index (χ2n) is 7.70. The summed E-state index contributed by atoms with van der Waals surface area (Å²) < 4.78 is 5.35. The summed E-state index contributed by atoms with van der Waals surface area (Å²) in [6.07, 6.45) is 4.87. The first-order valence-corrected chi connectivity index (χ1v) is 9.97. The van der Waals surface area contributed by atoms with Crippen molar-refractivity contribution >= 4 is 11.8 Å². The Morgan fingerprint density at radius 2 is 1.73 bits per heavy atom. The molecule has 0 saturated carbocycles. The first kappa shape index (κ1) is 17.5. The molecule has 2 atom stereocenters. The van der Waals surface area contributed by atoms with Crippen LogP contribution in [0, 0.1) is 5.92 Å². The van der Waals surface area contributed by atoms with Crippen molar-refractivity contribution in [1.82, 2.24) is 9.80 Å². The number of amides is 2. The maximum absolute atomic E-state index is 13.2. The fourth-order valence-corrected chi connectivity index (χ4v) is 4.65. The average molecular weight is 356 g/mol. The van der Waals surface area contributed by atoms with E-state index >= 15 is 0 Å². The molecule has 1 aromatic carbocycles. The molecule has 140 valence electrons. The van der Waals surface area contributed by atoms with E-state index in [1.165, 1.54) is 11.1 Å². The zero-order valence-corrected chi connectivity index (χ0v) is 15.4. The van der Waals surface area contributed by atoms with Gasteiger partial charge in [-0.15, -0.1) is 0 Å². The standard InChI is InChI=1S/C21H28N2O3/c24-20(22-11-13-26-14-12-22)17-7-4-10-23(15-17)21(25)19-9-3-6-16-5-1-2-8-18(16)19/h1-2,5,8,17,19H,3-4,6-7,9-15H2. The Balaban J connectivity index is 1.44. The second kappa shape index (κ2) is 7.78. The van der Waals surface area contributed by atoms with E-state index in [-0.39, 0.29) is 23.7 Å². The third-order valence-electron chi connectivity index (χ3n) is 6.07. The molecule has 0 aromatic heterocycles. The summed E-state index contributed by atoms with van der Waals surface area (Å²) in [6.45, 7) is 3.97. The number of rotatable bonds is 2. The molecule has 2 heterocycles. The predicted octanol–water partition coefficient (Wildman–Crippen LogP) is 2.20. The Morgan fingerprint density at radius 1 is 0.923 bits per heavy atom. The summed E-state index contributed by atoms with van der Waals surface area (Å²) >= 11 is 0. The number of fused-ring (bicyclic) bond motifs is 1. The van der Waals surface area contributed by atoms with Gasteiger partial charge in [0.15, 0.2) is 0 Å². The topological polar surface area (TPSA) is 49.9 Å². The summed E-state index contributed by atoms with van der Waals surface area (Å²) in [5.74, 6) is 0.341. The van der Waals surface area contributed by atoms with Crippen LogP contribution in [0.4, 0.5) is 0 Å². The molecule has 0 spiro atoms. The quantitative estimate of drug-likeness (QED) is 0.816. The number of piperidine rings is 1. The van der Waals surface area contributed by atoms with Gasteiger partial charge in [-0.2, -0.15) is 0 Å². The molecular formula is C21H28N2O3. The molecule has 2 fully saturated rings. The molecule has 2 aliphatic heterocycles. The van der Waals surface area contributed by atoms with Gasteiger partial charge in [-0.1, -0.05) is 24.3 Å². The number of morpholine rings is 1. The summed E-state index contributed by atoms with van der Waals surface area (Å²) in [4.78, 5) is 29.9. The number of carbonyl (C=O) groups excluding carboxylic acids is 2. The van der Waals surface area contributed by atoms with Crippen LogP contribution in [0.3, 0.4) is 0 Å². The van der Waals surface area contributed by atoms with Crippen LogP contribution >= 0.6 is 0 Å². The van der Waals surface area contributed by atoms with E-state index < -0.39 is 0 Å². The van der Waals surface area contributed by atoms with Crippen molar-refractivity contribution in [3.05, 3.63) is 35.4 Å². The lowest BCUT2D eigenvalue weighted by molar-refractivity contribution is -0.144. The Labute approximate surface area is 155 Å². The van der Waals surface area contributed by atoms with Crippen molar-refractivity contribution in [3.8, 4) is 0 Å². The van der Waals surface area contributed by atoms with Crippen LogP contribution in [-0.4, -0.2) is 61.0 Å². The van der Waals surface area contributed by atoms with Crippen LogP contribution in [0.2, 0.25) is 0 Å². The molecule has 4 rings (SSSR count). The minimum Gasteiger partial charge on any atom is -0.378 e. The maximum atomic E-state index is 13.2. The van der Waals surface area contributed by atoms with Gasteiger partial charge in [0.05, 0.1) is 25.0 Å². The molecule has 5 nitrogen and oxygen atoms in total. The average Bonchev–Trinajstić information content (AvgIpc) is 2.73. The highest BCUT2D eigenvalue weighted by atomic mass is 16.5. The van der Waals surface area contributed by atoms with Crippen molar-refractivity contribution in [2.75, 3.05) is 39.4 Å². The van der Waals surface area contributed by atoms with Crippen LogP contribution in [0.25, 0.3) is 0 Å². The molecule has 0 radical (unpaired) electrons. The minimum atomic E-state index is -0.0513. The highest BCUT2D eigenvalue weighted by Gasteiger charge is 2.35. The van der Waals surface area contributed by atoms with E-state index in [2.05, 4.69) is 18.2 Å². The SMILES string of the molecule is O=C(C1CCCN(C(=O)C2CCCc3ccccc32)C1)N1CCOCC1. The molecule has 2 saturated heterocycles.